The van der Waals surface area contributed by atoms with Gasteiger partial charge in [-0.3, -0.25) is 0 Å². The number of alkyl halides is 3. The predicted molar refractivity (Wildman–Crippen MR) is 50.0 cm³/mol. The molecule has 0 spiro atoms. The average molecular weight is 209 g/mol. The van der Waals surface area contributed by atoms with Gasteiger partial charge in [0.1, 0.15) is 0 Å². The Morgan fingerprint density at radius 2 is 2.00 bits per heavy atom. The molecule has 0 aromatic carbocycles. The third-order valence-corrected chi connectivity index (χ3v) is 3.00. The fourth-order valence-electron chi connectivity index (χ4n) is 1.64. The second kappa shape index (κ2) is 3.72. The molecular formula is C10H18F3N. The highest BCUT2D eigenvalue weighted by Crippen LogP contribution is 2.61. The second-order valence-corrected chi connectivity index (χ2v) is 4.87. The molecule has 4 heteroatoms. The third kappa shape index (κ3) is 2.41. The van der Waals surface area contributed by atoms with Crippen LogP contribution in [0.15, 0.2) is 0 Å². The normalized spacial score (nSPS) is 32.4. The van der Waals surface area contributed by atoms with Crippen LogP contribution in [0.25, 0.3) is 0 Å². The van der Waals surface area contributed by atoms with Crippen molar-refractivity contribution in [1.29, 1.82) is 0 Å². The van der Waals surface area contributed by atoms with Gasteiger partial charge in [-0.05, 0) is 31.3 Å². The Bertz CT molecular complexity index is 200. The zero-order chi connectivity index (χ0) is 11.0. The standard InChI is InChI=1S/C10H18F3N/c1-7(2)5-14-6-8-4-9(8,3)10(11,12)13/h7-8,14H,4-6H2,1-3H3. The summed E-state index contributed by atoms with van der Waals surface area (Å²) in [5, 5.41) is 3.07. The Morgan fingerprint density at radius 3 is 2.36 bits per heavy atom. The minimum Gasteiger partial charge on any atom is -0.316 e. The molecule has 1 rings (SSSR count). The summed E-state index contributed by atoms with van der Waals surface area (Å²) in [7, 11) is 0. The summed E-state index contributed by atoms with van der Waals surface area (Å²) in [6, 6.07) is 0. The van der Waals surface area contributed by atoms with Gasteiger partial charge in [0.25, 0.3) is 0 Å². The maximum atomic E-state index is 12.4. The summed E-state index contributed by atoms with van der Waals surface area (Å²) in [5.74, 6) is 0.271. The molecule has 2 unspecified atom stereocenters. The van der Waals surface area contributed by atoms with Crippen LogP contribution >= 0.6 is 0 Å². The number of hydrogen-bond donors (Lipinski definition) is 1. The second-order valence-electron chi connectivity index (χ2n) is 4.87. The van der Waals surface area contributed by atoms with Gasteiger partial charge in [0.05, 0.1) is 5.41 Å². The molecule has 0 heterocycles. The molecule has 0 saturated heterocycles. The van der Waals surface area contributed by atoms with Crippen molar-refractivity contribution in [3.8, 4) is 0 Å². The molecule has 0 aliphatic heterocycles. The molecule has 14 heavy (non-hydrogen) atoms. The van der Waals surface area contributed by atoms with Gasteiger partial charge in [0.15, 0.2) is 0 Å². The van der Waals surface area contributed by atoms with Crippen LogP contribution in [-0.4, -0.2) is 19.3 Å². The highest BCUT2D eigenvalue weighted by Gasteiger charge is 2.66. The molecule has 0 aromatic rings. The first-order valence-corrected chi connectivity index (χ1v) is 5.05. The van der Waals surface area contributed by atoms with Gasteiger partial charge in [0, 0.05) is 0 Å². The van der Waals surface area contributed by atoms with E-state index in [0.717, 1.165) is 6.54 Å². The minimum atomic E-state index is -4.03. The van der Waals surface area contributed by atoms with Crippen molar-refractivity contribution in [2.75, 3.05) is 13.1 Å². The number of halogens is 3. The van der Waals surface area contributed by atoms with Crippen LogP contribution in [0.4, 0.5) is 13.2 Å². The fourth-order valence-corrected chi connectivity index (χ4v) is 1.64. The van der Waals surface area contributed by atoms with Crippen LogP contribution in [-0.2, 0) is 0 Å². The molecule has 1 N–H and O–H groups in total. The quantitative estimate of drug-likeness (QED) is 0.750. The maximum Gasteiger partial charge on any atom is 0.394 e. The molecule has 0 radical (unpaired) electrons. The number of hydrogen-bond acceptors (Lipinski definition) is 1. The van der Waals surface area contributed by atoms with Gasteiger partial charge >= 0.3 is 6.18 Å². The highest BCUT2D eigenvalue weighted by atomic mass is 19.4. The van der Waals surface area contributed by atoms with E-state index in [9.17, 15) is 13.2 Å². The molecule has 0 bridgehead atoms. The minimum absolute atomic E-state index is 0.221. The summed E-state index contributed by atoms with van der Waals surface area (Å²) in [5.41, 5.74) is -1.42. The highest BCUT2D eigenvalue weighted by molar-refractivity contribution is 5.04. The average Bonchev–Trinajstić information content (AvgIpc) is 2.61. The molecule has 1 aliphatic carbocycles. The fraction of sp³-hybridized carbons (Fsp3) is 1.00. The lowest BCUT2D eigenvalue weighted by atomic mass is 10.1. The molecule has 1 nitrogen and oxygen atoms in total. The van der Waals surface area contributed by atoms with Crippen molar-refractivity contribution in [3.63, 3.8) is 0 Å². The Balaban J connectivity index is 2.26. The molecule has 1 fully saturated rings. The van der Waals surface area contributed by atoms with Crippen LogP contribution in [0.2, 0.25) is 0 Å². The van der Waals surface area contributed by atoms with Gasteiger partial charge in [-0.1, -0.05) is 20.8 Å². The van der Waals surface area contributed by atoms with Crippen molar-refractivity contribution in [1.82, 2.24) is 5.32 Å². The summed E-state index contributed by atoms with van der Waals surface area (Å²) in [4.78, 5) is 0. The van der Waals surface area contributed by atoms with E-state index in [1.807, 2.05) is 13.8 Å². The Hall–Kier alpha value is -0.250. The smallest absolute Gasteiger partial charge is 0.316 e. The molecule has 0 amide bonds. The van der Waals surface area contributed by atoms with E-state index < -0.39 is 11.6 Å². The van der Waals surface area contributed by atoms with Gasteiger partial charge in [-0.15, -0.1) is 0 Å². The van der Waals surface area contributed by atoms with E-state index in [2.05, 4.69) is 5.32 Å². The largest absolute Gasteiger partial charge is 0.394 e. The van der Waals surface area contributed by atoms with E-state index in [0.29, 0.717) is 12.5 Å². The number of rotatable bonds is 4. The SMILES string of the molecule is CC(C)CNCC1CC1(C)C(F)(F)F. The van der Waals surface area contributed by atoms with Crippen LogP contribution < -0.4 is 5.32 Å². The van der Waals surface area contributed by atoms with E-state index in [4.69, 9.17) is 0 Å². The van der Waals surface area contributed by atoms with Gasteiger partial charge in [0.2, 0.25) is 0 Å². The summed E-state index contributed by atoms with van der Waals surface area (Å²) in [6.45, 7) is 6.69. The van der Waals surface area contributed by atoms with Crippen molar-refractivity contribution in [2.24, 2.45) is 17.3 Å². The van der Waals surface area contributed by atoms with Crippen LogP contribution in [0, 0.1) is 17.3 Å². The van der Waals surface area contributed by atoms with E-state index >= 15 is 0 Å². The lowest BCUT2D eigenvalue weighted by Gasteiger charge is -2.16. The van der Waals surface area contributed by atoms with Crippen molar-refractivity contribution in [3.05, 3.63) is 0 Å². The summed E-state index contributed by atoms with van der Waals surface area (Å²) >= 11 is 0. The molecule has 2 atom stereocenters. The first kappa shape index (κ1) is 11.8. The third-order valence-electron chi connectivity index (χ3n) is 3.00. The summed E-state index contributed by atoms with van der Waals surface area (Å²) in [6.07, 6.45) is -3.75. The Kier molecular flexibility index (Phi) is 3.14. The van der Waals surface area contributed by atoms with Gasteiger partial charge in [-0.25, -0.2) is 0 Å². The van der Waals surface area contributed by atoms with Crippen LogP contribution in [0.3, 0.4) is 0 Å². The lowest BCUT2D eigenvalue weighted by Crippen LogP contribution is -2.29. The van der Waals surface area contributed by atoms with E-state index in [1.54, 1.807) is 0 Å². The Morgan fingerprint density at radius 1 is 1.43 bits per heavy atom. The monoisotopic (exact) mass is 209 g/mol. The predicted octanol–water partition coefficient (Wildman–Crippen LogP) is 2.82. The van der Waals surface area contributed by atoms with Crippen molar-refractivity contribution >= 4 is 0 Å². The number of nitrogens with one attached hydrogen (secondary N) is 1. The van der Waals surface area contributed by atoms with Crippen LogP contribution in [0.5, 0.6) is 0 Å². The molecular weight excluding hydrogens is 191 g/mol. The first-order chi connectivity index (χ1) is 6.27. The zero-order valence-corrected chi connectivity index (χ0v) is 8.91. The summed E-state index contributed by atoms with van der Waals surface area (Å²) < 4.78 is 37.3. The van der Waals surface area contributed by atoms with Crippen molar-refractivity contribution < 1.29 is 13.2 Å². The van der Waals surface area contributed by atoms with Gasteiger partial charge in [-0.2, -0.15) is 13.2 Å². The maximum absolute atomic E-state index is 12.4. The lowest BCUT2D eigenvalue weighted by molar-refractivity contribution is -0.186. The van der Waals surface area contributed by atoms with Gasteiger partial charge < -0.3 is 5.32 Å². The van der Waals surface area contributed by atoms with Crippen LogP contribution in [0.1, 0.15) is 27.2 Å². The molecule has 1 aliphatic rings. The van der Waals surface area contributed by atoms with Crippen molar-refractivity contribution in [2.45, 2.75) is 33.4 Å². The Labute approximate surface area is 83.1 Å². The van der Waals surface area contributed by atoms with E-state index in [1.165, 1.54) is 6.92 Å². The zero-order valence-electron chi connectivity index (χ0n) is 8.91. The topological polar surface area (TPSA) is 12.0 Å². The molecule has 0 aromatic heterocycles. The van der Waals surface area contributed by atoms with E-state index in [-0.39, 0.29) is 12.3 Å². The molecule has 1 saturated carbocycles. The first-order valence-electron chi connectivity index (χ1n) is 5.05. The molecule has 84 valence electrons.